The van der Waals surface area contributed by atoms with Gasteiger partial charge >= 0.3 is 0 Å². The van der Waals surface area contributed by atoms with Gasteiger partial charge in [-0.15, -0.1) is 0 Å². The first-order chi connectivity index (χ1) is 9.10. The Labute approximate surface area is 114 Å². The second-order valence-electron chi connectivity index (χ2n) is 6.19. The third kappa shape index (κ3) is 2.51. The number of nitrogens with zero attached hydrogens (tertiary/aromatic N) is 1. The van der Waals surface area contributed by atoms with Gasteiger partial charge in [0.25, 0.3) is 5.91 Å². The molecule has 5 heteroatoms. The molecule has 0 aromatic heterocycles. The number of hydrogen-bond donors (Lipinski definition) is 0. The zero-order valence-corrected chi connectivity index (χ0v) is 11.8. The Balaban J connectivity index is 1.71. The topological polar surface area (TPSA) is 48.0 Å². The number of amides is 1. The molecule has 0 saturated carbocycles. The first-order valence-electron chi connectivity index (χ1n) is 7.26. The Morgan fingerprint density at radius 2 is 2.16 bits per heavy atom. The molecule has 0 N–H and O–H groups in total. The molecule has 0 bridgehead atoms. The average molecular weight is 269 g/mol. The molecular weight excluding hydrogens is 246 g/mol. The Bertz CT molecular complexity index is 353. The van der Waals surface area contributed by atoms with E-state index in [4.69, 9.17) is 14.2 Å². The van der Waals surface area contributed by atoms with E-state index in [1.54, 1.807) is 0 Å². The van der Waals surface area contributed by atoms with Crippen LogP contribution in [0.15, 0.2) is 0 Å². The van der Waals surface area contributed by atoms with E-state index in [0.717, 1.165) is 19.4 Å². The van der Waals surface area contributed by atoms with E-state index in [9.17, 15) is 4.79 Å². The summed E-state index contributed by atoms with van der Waals surface area (Å²) in [5.74, 6) is 0.452. The molecule has 1 spiro atoms. The van der Waals surface area contributed by atoms with Gasteiger partial charge in [-0.1, -0.05) is 6.92 Å². The van der Waals surface area contributed by atoms with Crippen molar-refractivity contribution < 1.29 is 19.0 Å². The zero-order valence-electron chi connectivity index (χ0n) is 11.8. The molecule has 3 aliphatic rings. The minimum absolute atomic E-state index is 0.0658. The third-order valence-electron chi connectivity index (χ3n) is 4.42. The van der Waals surface area contributed by atoms with Gasteiger partial charge in [0.15, 0.2) is 0 Å². The van der Waals surface area contributed by atoms with Gasteiger partial charge in [0.2, 0.25) is 0 Å². The van der Waals surface area contributed by atoms with E-state index in [2.05, 4.69) is 6.92 Å². The van der Waals surface area contributed by atoms with E-state index in [0.29, 0.717) is 32.2 Å². The number of carbonyl (C=O) groups is 1. The van der Waals surface area contributed by atoms with E-state index < -0.39 is 0 Å². The predicted molar refractivity (Wildman–Crippen MR) is 68.8 cm³/mol. The van der Waals surface area contributed by atoms with Crippen LogP contribution >= 0.6 is 0 Å². The standard InChI is InChI=1S/C14H23NO4/c1-10-3-5-18-12(10)13(16)15-7-11(2)19-14(8-15)4-6-17-9-14/h10-12H,3-9H2,1-2H3/t10-,11?,12+,14?/m1/s1. The molecule has 3 heterocycles. The molecule has 4 atom stereocenters. The van der Waals surface area contributed by atoms with Crippen LogP contribution in [0.1, 0.15) is 26.7 Å². The van der Waals surface area contributed by atoms with Crippen LogP contribution in [0.25, 0.3) is 0 Å². The highest BCUT2D eigenvalue weighted by Gasteiger charge is 2.46. The van der Waals surface area contributed by atoms with Crippen molar-refractivity contribution in [1.82, 2.24) is 4.90 Å². The van der Waals surface area contributed by atoms with Crippen molar-refractivity contribution in [2.45, 2.75) is 44.5 Å². The summed E-state index contributed by atoms with van der Waals surface area (Å²) >= 11 is 0. The van der Waals surface area contributed by atoms with E-state index in [1.165, 1.54) is 0 Å². The Morgan fingerprint density at radius 1 is 1.32 bits per heavy atom. The lowest BCUT2D eigenvalue weighted by Gasteiger charge is -2.43. The molecule has 0 aliphatic carbocycles. The van der Waals surface area contributed by atoms with E-state index in [-0.39, 0.29) is 23.7 Å². The van der Waals surface area contributed by atoms with Crippen molar-refractivity contribution in [3.63, 3.8) is 0 Å². The third-order valence-corrected chi connectivity index (χ3v) is 4.42. The van der Waals surface area contributed by atoms with Crippen LogP contribution in [-0.4, -0.2) is 61.5 Å². The fourth-order valence-electron chi connectivity index (χ4n) is 3.39. The molecular formula is C14H23NO4. The van der Waals surface area contributed by atoms with Crippen LogP contribution in [0, 0.1) is 5.92 Å². The summed E-state index contributed by atoms with van der Waals surface area (Å²) in [6, 6.07) is 0. The van der Waals surface area contributed by atoms with Gasteiger partial charge in [0.1, 0.15) is 11.7 Å². The molecule has 0 aromatic carbocycles. The molecule has 3 aliphatic heterocycles. The van der Waals surface area contributed by atoms with Crippen LogP contribution in [0.4, 0.5) is 0 Å². The maximum atomic E-state index is 12.6. The van der Waals surface area contributed by atoms with E-state index in [1.807, 2.05) is 11.8 Å². The Kier molecular flexibility index (Phi) is 3.53. The van der Waals surface area contributed by atoms with Gasteiger partial charge < -0.3 is 19.1 Å². The number of carbonyl (C=O) groups excluding carboxylic acids is 1. The van der Waals surface area contributed by atoms with Crippen LogP contribution in [0.3, 0.4) is 0 Å². The highest BCUT2D eigenvalue weighted by Crippen LogP contribution is 2.31. The van der Waals surface area contributed by atoms with E-state index >= 15 is 0 Å². The molecule has 3 fully saturated rings. The van der Waals surface area contributed by atoms with Crippen molar-refractivity contribution >= 4 is 5.91 Å². The number of morpholine rings is 1. The molecule has 0 aromatic rings. The molecule has 0 radical (unpaired) electrons. The molecule has 19 heavy (non-hydrogen) atoms. The van der Waals surface area contributed by atoms with Gasteiger partial charge in [-0.05, 0) is 19.3 Å². The quantitative estimate of drug-likeness (QED) is 0.707. The smallest absolute Gasteiger partial charge is 0.252 e. The lowest BCUT2D eigenvalue weighted by molar-refractivity contribution is -0.173. The van der Waals surface area contributed by atoms with Gasteiger partial charge in [0, 0.05) is 26.2 Å². The second kappa shape index (κ2) is 5.04. The summed E-state index contributed by atoms with van der Waals surface area (Å²) in [4.78, 5) is 14.5. The molecule has 1 amide bonds. The first kappa shape index (κ1) is 13.3. The van der Waals surface area contributed by atoms with Gasteiger partial charge in [-0.3, -0.25) is 4.79 Å². The molecule has 3 rings (SSSR count). The fourth-order valence-corrected chi connectivity index (χ4v) is 3.39. The van der Waals surface area contributed by atoms with Crippen molar-refractivity contribution in [3.05, 3.63) is 0 Å². The molecule has 3 saturated heterocycles. The summed E-state index contributed by atoms with van der Waals surface area (Å²) in [5.41, 5.74) is -0.283. The summed E-state index contributed by atoms with van der Waals surface area (Å²) in [6.07, 6.45) is 1.66. The summed E-state index contributed by atoms with van der Waals surface area (Å²) in [6.45, 7) is 7.45. The van der Waals surface area contributed by atoms with Gasteiger partial charge in [-0.25, -0.2) is 0 Å². The monoisotopic (exact) mass is 269 g/mol. The number of hydrogen-bond acceptors (Lipinski definition) is 4. The van der Waals surface area contributed by atoms with Crippen molar-refractivity contribution in [1.29, 1.82) is 0 Å². The fraction of sp³-hybridized carbons (Fsp3) is 0.929. The lowest BCUT2D eigenvalue weighted by Crippen LogP contribution is -2.59. The average Bonchev–Trinajstić information content (AvgIpc) is 2.97. The highest BCUT2D eigenvalue weighted by atomic mass is 16.6. The van der Waals surface area contributed by atoms with Crippen LogP contribution in [-0.2, 0) is 19.0 Å². The Hall–Kier alpha value is -0.650. The lowest BCUT2D eigenvalue weighted by atomic mass is 9.97. The SMILES string of the molecule is CC1CN(C(=O)[C@H]2OCC[C@H]2C)CC2(CCOC2)O1. The summed E-state index contributed by atoms with van der Waals surface area (Å²) < 4.78 is 17.1. The minimum Gasteiger partial charge on any atom is -0.378 e. The van der Waals surface area contributed by atoms with Crippen LogP contribution in [0.2, 0.25) is 0 Å². The zero-order chi connectivity index (χ0) is 13.5. The first-order valence-corrected chi connectivity index (χ1v) is 7.26. The molecule has 2 unspecified atom stereocenters. The van der Waals surface area contributed by atoms with Crippen LogP contribution in [0.5, 0.6) is 0 Å². The maximum absolute atomic E-state index is 12.6. The number of rotatable bonds is 1. The van der Waals surface area contributed by atoms with Gasteiger partial charge in [-0.2, -0.15) is 0 Å². The maximum Gasteiger partial charge on any atom is 0.252 e. The molecule has 108 valence electrons. The van der Waals surface area contributed by atoms with Crippen molar-refractivity contribution in [3.8, 4) is 0 Å². The summed E-state index contributed by atoms with van der Waals surface area (Å²) in [5, 5.41) is 0. The second-order valence-corrected chi connectivity index (χ2v) is 6.19. The Morgan fingerprint density at radius 3 is 2.79 bits per heavy atom. The normalized spacial score (nSPS) is 43.1. The largest absolute Gasteiger partial charge is 0.378 e. The minimum atomic E-state index is -0.283. The van der Waals surface area contributed by atoms with Crippen LogP contribution < -0.4 is 0 Å². The number of ether oxygens (including phenoxy) is 3. The van der Waals surface area contributed by atoms with Crippen molar-refractivity contribution in [2.24, 2.45) is 5.92 Å². The highest BCUT2D eigenvalue weighted by molar-refractivity contribution is 5.81. The summed E-state index contributed by atoms with van der Waals surface area (Å²) in [7, 11) is 0. The predicted octanol–water partition coefficient (Wildman–Crippen LogP) is 0.818. The van der Waals surface area contributed by atoms with Gasteiger partial charge in [0.05, 0.1) is 19.3 Å². The molecule has 5 nitrogen and oxygen atoms in total. The van der Waals surface area contributed by atoms with Crippen molar-refractivity contribution in [2.75, 3.05) is 32.9 Å².